The number of piperidine rings is 1. The van der Waals surface area contributed by atoms with Crippen LogP contribution in [0.25, 0.3) is 11.1 Å². The number of benzene rings is 2. The molecule has 2 aromatic carbocycles. The van der Waals surface area contributed by atoms with E-state index in [9.17, 15) is 23.5 Å². The molecule has 280 valence electrons. The van der Waals surface area contributed by atoms with Crippen molar-refractivity contribution in [2.45, 2.75) is 90.1 Å². The van der Waals surface area contributed by atoms with Gasteiger partial charge in [0.2, 0.25) is 5.91 Å². The van der Waals surface area contributed by atoms with Crippen molar-refractivity contribution in [3.63, 3.8) is 0 Å². The van der Waals surface area contributed by atoms with Crippen LogP contribution in [0.3, 0.4) is 0 Å². The van der Waals surface area contributed by atoms with Gasteiger partial charge in [-0.3, -0.25) is 14.2 Å². The van der Waals surface area contributed by atoms with Crippen LogP contribution in [0, 0.1) is 11.8 Å². The fourth-order valence-corrected chi connectivity index (χ4v) is 9.41. The average Bonchev–Trinajstić information content (AvgIpc) is 3.78. The largest absolute Gasteiger partial charge is 0.478 e. The highest BCUT2D eigenvalue weighted by molar-refractivity contribution is 5.88. The van der Waals surface area contributed by atoms with Crippen LogP contribution in [0.2, 0.25) is 0 Å². The molecule has 3 aliphatic heterocycles. The summed E-state index contributed by atoms with van der Waals surface area (Å²) in [6.07, 6.45) is 11.2. The van der Waals surface area contributed by atoms with Gasteiger partial charge in [-0.2, -0.15) is 10.2 Å². The minimum absolute atomic E-state index is 0.000652. The molecule has 4 aromatic rings. The molecule has 12 heteroatoms. The van der Waals surface area contributed by atoms with E-state index in [1.54, 1.807) is 49.2 Å². The summed E-state index contributed by atoms with van der Waals surface area (Å²) in [4.78, 5) is 30.2. The molecule has 10 nitrogen and oxygen atoms in total. The van der Waals surface area contributed by atoms with Crippen molar-refractivity contribution in [2.24, 2.45) is 18.9 Å². The highest BCUT2D eigenvalue weighted by atomic mass is 19.3. The smallest absolute Gasteiger partial charge is 0.335 e. The molecule has 2 aromatic heterocycles. The second-order valence-corrected chi connectivity index (χ2v) is 15.6. The van der Waals surface area contributed by atoms with Crippen LogP contribution in [0.15, 0.2) is 48.8 Å². The number of amides is 1. The van der Waals surface area contributed by atoms with Gasteiger partial charge < -0.3 is 19.8 Å². The van der Waals surface area contributed by atoms with Crippen LogP contribution in [-0.4, -0.2) is 67.6 Å². The van der Waals surface area contributed by atoms with E-state index in [-0.39, 0.29) is 17.5 Å². The zero-order valence-electron chi connectivity index (χ0n) is 30.7. The minimum Gasteiger partial charge on any atom is -0.478 e. The fraction of sp³-hybridized carbons (Fsp3) is 0.512. The summed E-state index contributed by atoms with van der Waals surface area (Å²) in [6.45, 7) is 5.43. The number of hydrogen-bond acceptors (Lipinski definition) is 6. The third-order valence-electron chi connectivity index (χ3n) is 12.3. The third kappa shape index (κ3) is 7.04. The molecule has 0 atom stereocenters. The van der Waals surface area contributed by atoms with E-state index in [1.807, 2.05) is 23.1 Å². The lowest BCUT2D eigenvalue weighted by atomic mass is 9.78. The Labute approximate surface area is 309 Å². The van der Waals surface area contributed by atoms with Gasteiger partial charge in [0.15, 0.2) is 5.82 Å². The number of alkyl halides is 2. The molecular weight excluding hydrogens is 676 g/mol. The van der Waals surface area contributed by atoms with Crippen molar-refractivity contribution in [1.29, 1.82) is 0 Å². The van der Waals surface area contributed by atoms with Crippen molar-refractivity contribution < 1.29 is 23.5 Å². The number of aromatic carboxylic acids is 1. The summed E-state index contributed by atoms with van der Waals surface area (Å²) in [5.74, 6) is 1.34. The van der Waals surface area contributed by atoms with Crippen molar-refractivity contribution in [3.8, 4) is 11.1 Å². The molecule has 5 heterocycles. The number of nitrogens with zero attached hydrogens (tertiary/aromatic N) is 7. The molecule has 1 saturated carbocycles. The van der Waals surface area contributed by atoms with E-state index < -0.39 is 12.4 Å². The number of aromatic nitrogens is 4. The zero-order valence-corrected chi connectivity index (χ0v) is 30.7. The van der Waals surface area contributed by atoms with Gasteiger partial charge in [-0.25, -0.2) is 13.6 Å². The van der Waals surface area contributed by atoms with Gasteiger partial charge in [0.25, 0.3) is 6.43 Å². The second-order valence-electron chi connectivity index (χ2n) is 15.6. The molecule has 2 fully saturated rings. The number of carbonyl (C=O) groups excluding carboxylic acids is 1. The lowest BCUT2D eigenvalue weighted by Gasteiger charge is -2.37. The Morgan fingerprint density at radius 1 is 0.943 bits per heavy atom. The maximum absolute atomic E-state index is 14.7. The summed E-state index contributed by atoms with van der Waals surface area (Å²) in [5, 5.41) is 18.8. The van der Waals surface area contributed by atoms with E-state index in [1.165, 1.54) is 12.1 Å². The average molecular weight is 726 g/mol. The Hall–Kier alpha value is -4.74. The third-order valence-corrected chi connectivity index (χ3v) is 12.3. The first-order valence-corrected chi connectivity index (χ1v) is 19.3. The molecule has 1 N–H and O–H groups in total. The number of aryl methyl sites for hydroxylation is 2. The predicted molar refractivity (Wildman–Crippen MR) is 200 cm³/mol. The summed E-state index contributed by atoms with van der Waals surface area (Å²) in [6, 6.07) is 11.1. The monoisotopic (exact) mass is 725 g/mol. The van der Waals surface area contributed by atoms with Crippen molar-refractivity contribution >= 4 is 29.1 Å². The fourth-order valence-electron chi connectivity index (χ4n) is 9.41. The molecule has 4 aliphatic rings. The summed E-state index contributed by atoms with van der Waals surface area (Å²) < 4.78 is 33.2. The van der Waals surface area contributed by atoms with E-state index in [0.717, 1.165) is 99.2 Å². The molecule has 0 radical (unpaired) electrons. The topological polar surface area (TPSA) is 99.7 Å². The van der Waals surface area contributed by atoms with E-state index >= 15 is 0 Å². The normalized spacial score (nSPS) is 20.8. The van der Waals surface area contributed by atoms with Crippen LogP contribution in [0.4, 0.5) is 26.0 Å². The lowest BCUT2D eigenvalue weighted by Crippen LogP contribution is -2.36. The molecular formula is C41H49F2N7O3. The Kier molecular flexibility index (Phi) is 9.72. The standard InChI is InChI=1S/C41H49F2N7O3/c1-26(51)48-19-15-37-36(25-48)40(49-16-3-4-30-21-34(31-23-44-46(2)24-31)35(39(42)43)22-38(30)49)45-50(37)33-9-5-27(6-10-33)20-28-13-17-47(18-14-28)32-11-7-29(8-12-32)41(52)53/h7-8,11-12,21-24,27-28,33,39H,3-6,9-10,13-20,25H2,1-2H3,(H,52,53). The molecule has 1 aliphatic carbocycles. The zero-order chi connectivity index (χ0) is 36.8. The Bertz CT molecular complexity index is 1970. The van der Waals surface area contributed by atoms with E-state index in [0.29, 0.717) is 48.2 Å². The molecule has 0 spiro atoms. The summed E-state index contributed by atoms with van der Waals surface area (Å²) >= 11 is 0. The number of carboxylic acid groups (broad SMARTS) is 1. The van der Waals surface area contributed by atoms with E-state index in [2.05, 4.69) is 19.6 Å². The summed E-state index contributed by atoms with van der Waals surface area (Å²) in [5.41, 5.74) is 6.70. The maximum Gasteiger partial charge on any atom is 0.335 e. The number of rotatable bonds is 8. The van der Waals surface area contributed by atoms with Crippen molar-refractivity contribution in [2.75, 3.05) is 36.0 Å². The van der Waals surface area contributed by atoms with Crippen LogP contribution in [0.5, 0.6) is 0 Å². The SMILES string of the molecule is CC(=O)N1CCc2c(c(N3CCCc4cc(-c5cnn(C)c5)c(C(F)F)cc43)nn2C2CCC(CC3CCN(c4ccc(C(=O)O)cc4)CC3)CC2)C1. The Morgan fingerprint density at radius 3 is 2.34 bits per heavy atom. The first kappa shape index (κ1) is 35.3. The predicted octanol–water partition coefficient (Wildman–Crippen LogP) is 7.95. The lowest BCUT2D eigenvalue weighted by molar-refractivity contribution is -0.129. The highest BCUT2D eigenvalue weighted by Gasteiger charge is 2.35. The molecule has 8 rings (SSSR count). The van der Waals surface area contributed by atoms with Gasteiger partial charge in [-0.1, -0.05) is 0 Å². The van der Waals surface area contributed by atoms with Crippen molar-refractivity contribution in [3.05, 3.63) is 76.7 Å². The molecule has 0 bridgehead atoms. The number of fused-ring (bicyclic) bond motifs is 2. The van der Waals surface area contributed by atoms with Crippen LogP contribution < -0.4 is 9.80 Å². The number of hydrogen-bond donors (Lipinski definition) is 1. The molecule has 1 amide bonds. The van der Waals surface area contributed by atoms with Gasteiger partial charge in [-0.05, 0) is 117 Å². The maximum atomic E-state index is 14.7. The van der Waals surface area contributed by atoms with Crippen molar-refractivity contribution in [1.82, 2.24) is 24.5 Å². The van der Waals surface area contributed by atoms with E-state index in [4.69, 9.17) is 5.10 Å². The number of carbonyl (C=O) groups is 2. The van der Waals surface area contributed by atoms with Gasteiger partial charge in [0, 0.05) is 86.5 Å². The number of anilines is 3. The number of halogens is 2. The Morgan fingerprint density at radius 2 is 1.68 bits per heavy atom. The van der Waals surface area contributed by atoms with Gasteiger partial charge in [0.1, 0.15) is 0 Å². The number of carboxylic acids is 1. The first-order chi connectivity index (χ1) is 25.6. The molecule has 0 unspecified atom stereocenters. The molecule has 53 heavy (non-hydrogen) atoms. The van der Waals surface area contributed by atoms with Gasteiger partial charge in [0.05, 0.1) is 24.3 Å². The highest BCUT2D eigenvalue weighted by Crippen LogP contribution is 2.45. The second kappa shape index (κ2) is 14.6. The first-order valence-electron chi connectivity index (χ1n) is 19.3. The van der Waals surface area contributed by atoms with Gasteiger partial charge >= 0.3 is 5.97 Å². The van der Waals surface area contributed by atoms with Crippen LogP contribution in [-0.2, 0) is 31.2 Å². The quantitative estimate of drug-likeness (QED) is 0.197. The summed E-state index contributed by atoms with van der Waals surface area (Å²) in [7, 11) is 1.79. The van der Waals surface area contributed by atoms with Crippen LogP contribution >= 0.6 is 0 Å². The Balaban J connectivity index is 0.989. The minimum atomic E-state index is -2.64. The van der Waals surface area contributed by atoms with Crippen LogP contribution in [0.1, 0.15) is 103 Å². The van der Waals surface area contributed by atoms with Gasteiger partial charge in [-0.15, -0.1) is 0 Å². The molecule has 1 saturated heterocycles.